The minimum atomic E-state index is -4.51. The second-order valence-electron chi connectivity index (χ2n) is 11.9. The Morgan fingerprint density at radius 1 is 0.769 bits per heavy atom. The molecule has 1 amide bonds. The molecule has 4 aromatic carbocycles. The lowest BCUT2D eigenvalue weighted by Gasteiger charge is -2.29. The van der Waals surface area contributed by atoms with Crippen LogP contribution >= 0.6 is 0 Å². The molecule has 4 aromatic rings. The fourth-order valence-electron chi connectivity index (χ4n) is 5.45. The highest BCUT2D eigenvalue weighted by Gasteiger charge is 2.52. The Labute approximate surface area is 299 Å². The second kappa shape index (κ2) is 17.1. The van der Waals surface area contributed by atoms with Gasteiger partial charge in [0, 0.05) is 16.8 Å². The van der Waals surface area contributed by atoms with Gasteiger partial charge in [-0.2, -0.15) is 13.2 Å². The van der Waals surface area contributed by atoms with E-state index in [2.05, 4.69) is 5.32 Å². The summed E-state index contributed by atoms with van der Waals surface area (Å²) in [5, 5.41) is 13.8. The molecule has 0 saturated heterocycles. The van der Waals surface area contributed by atoms with Gasteiger partial charge in [0.15, 0.2) is 0 Å². The molecule has 2 N–H and O–H groups in total. The standard InChI is InChI=1S/C39H39F3N2O8/c1-5-50-36(48)38(37(49)51-6-2,27-12-8-7-9-13-27)24-52-33(45)23-25-16-21-32(31(22-25)35(47)44(3)4)43-34(46)30-15-11-10-14-29(30)26-17-19-28(20-18-26)39(40,41)42/h7-22,35,47H,5-6,23-24H2,1-4H3,(H,43,46). The molecule has 0 aromatic heterocycles. The van der Waals surface area contributed by atoms with E-state index in [-0.39, 0.29) is 42.0 Å². The minimum Gasteiger partial charge on any atom is -0.465 e. The molecule has 0 radical (unpaired) electrons. The number of halogens is 3. The molecular formula is C39H39F3N2O8. The second-order valence-corrected chi connectivity index (χ2v) is 11.9. The van der Waals surface area contributed by atoms with Crippen molar-refractivity contribution in [2.75, 3.05) is 39.2 Å². The summed E-state index contributed by atoms with van der Waals surface area (Å²) in [7, 11) is 3.20. The van der Waals surface area contributed by atoms with E-state index >= 15 is 0 Å². The van der Waals surface area contributed by atoms with Crippen molar-refractivity contribution < 1.29 is 51.7 Å². The van der Waals surface area contributed by atoms with Crippen LogP contribution in [0, 0.1) is 0 Å². The quantitative estimate of drug-likeness (QED) is 0.0665. The van der Waals surface area contributed by atoms with Gasteiger partial charge < -0.3 is 24.6 Å². The van der Waals surface area contributed by atoms with Crippen molar-refractivity contribution in [3.63, 3.8) is 0 Å². The number of hydrogen-bond acceptors (Lipinski definition) is 9. The molecule has 52 heavy (non-hydrogen) atoms. The van der Waals surface area contributed by atoms with Crippen LogP contribution in [-0.2, 0) is 46.6 Å². The Morgan fingerprint density at radius 3 is 1.94 bits per heavy atom. The lowest BCUT2D eigenvalue weighted by molar-refractivity contribution is -0.170. The van der Waals surface area contributed by atoms with Crippen molar-refractivity contribution >= 4 is 29.5 Å². The summed E-state index contributed by atoms with van der Waals surface area (Å²) >= 11 is 0. The summed E-state index contributed by atoms with van der Waals surface area (Å²) < 4.78 is 55.4. The van der Waals surface area contributed by atoms with Crippen LogP contribution in [0.5, 0.6) is 0 Å². The topological polar surface area (TPSA) is 131 Å². The minimum absolute atomic E-state index is 0.0404. The summed E-state index contributed by atoms with van der Waals surface area (Å²) in [5.41, 5.74) is -0.921. The number of amides is 1. The molecule has 4 rings (SSSR count). The van der Waals surface area contributed by atoms with Crippen LogP contribution in [0.1, 0.15) is 52.7 Å². The first-order valence-electron chi connectivity index (χ1n) is 16.3. The number of anilines is 1. The van der Waals surface area contributed by atoms with Gasteiger partial charge in [0.25, 0.3) is 5.91 Å². The molecule has 0 fully saturated rings. The first kappa shape index (κ1) is 39.3. The predicted octanol–water partition coefficient (Wildman–Crippen LogP) is 6.33. The number of esters is 3. The molecule has 0 spiro atoms. The number of benzene rings is 4. The number of aliphatic hydroxyl groups is 1. The van der Waals surface area contributed by atoms with Crippen molar-refractivity contribution in [2.45, 2.75) is 38.1 Å². The zero-order valence-corrected chi connectivity index (χ0v) is 29.0. The summed E-state index contributed by atoms with van der Waals surface area (Å²) in [4.78, 5) is 54.9. The molecule has 0 aliphatic heterocycles. The summed E-state index contributed by atoms with van der Waals surface area (Å²) in [6, 6.07) is 23.4. The molecule has 10 nitrogen and oxygen atoms in total. The summed E-state index contributed by atoms with van der Waals surface area (Å²) in [6.07, 6.45) is -6.09. The zero-order chi connectivity index (χ0) is 38.1. The van der Waals surface area contributed by atoms with Gasteiger partial charge in [-0.15, -0.1) is 0 Å². The number of alkyl halides is 3. The summed E-state index contributed by atoms with van der Waals surface area (Å²) in [6.45, 7) is 2.37. The van der Waals surface area contributed by atoms with Crippen LogP contribution in [-0.4, -0.2) is 67.7 Å². The Kier molecular flexibility index (Phi) is 12.9. The monoisotopic (exact) mass is 720 g/mol. The molecule has 1 unspecified atom stereocenters. The Balaban J connectivity index is 1.59. The fraction of sp³-hybridized carbons (Fsp3) is 0.282. The Morgan fingerprint density at radius 2 is 1.37 bits per heavy atom. The molecular weight excluding hydrogens is 681 g/mol. The molecule has 0 aliphatic rings. The SMILES string of the molecule is CCOC(=O)C(COC(=O)Cc1ccc(NC(=O)c2ccccc2-c2ccc(C(F)(F)F)cc2)c(C(O)N(C)C)c1)(C(=O)OCC)c1ccccc1. The van der Waals surface area contributed by atoms with E-state index in [4.69, 9.17) is 14.2 Å². The number of nitrogens with one attached hydrogen (secondary N) is 1. The van der Waals surface area contributed by atoms with E-state index in [0.29, 0.717) is 16.7 Å². The molecule has 0 aliphatic carbocycles. The van der Waals surface area contributed by atoms with E-state index in [1.807, 2.05) is 0 Å². The Bertz CT molecular complexity index is 1860. The number of carbonyl (C=O) groups excluding carboxylic acids is 4. The van der Waals surface area contributed by atoms with E-state index in [1.54, 1.807) is 64.3 Å². The maximum Gasteiger partial charge on any atom is 0.416 e. The third-order valence-corrected chi connectivity index (χ3v) is 8.14. The van der Waals surface area contributed by atoms with Gasteiger partial charge in [-0.1, -0.05) is 66.7 Å². The van der Waals surface area contributed by atoms with Crippen LogP contribution < -0.4 is 5.32 Å². The van der Waals surface area contributed by atoms with Crippen LogP contribution in [0.15, 0.2) is 97.1 Å². The highest BCUT2D eigenvalue weighted by molar-refractivity contribution is 6.09. The van der Waals surface area contributed by atoms with Gasteiger partial charge in [0.1, 0.15) is 12.8 Å². The maximum atomic E-state index is 13.6. The van der Waals surface area contributed by atoms with Gasteiger partial charge in [-0.3, -0.25) is 24.1 Å². The molecule has 1 atom stereocenters. The number of nitrogens with zero attached hydrogens (tertiary/aromatic N) is 1. The van der Waals surface area contributed by atoms with Gasteiger partial charge >= 0.3 is 24.1 Å². The van der Waals surface area contributed by atoms with Crippen molar-refractivity contribution in [3.8, 4) is 11.1 Å². The van der Waals surface area contributed by atoms with Crippen molar-refractivity contribution in [1.29, 1.82) is 0 Å². The van der Waals surface area contributed by atoms with Crippen LogP contribution in [0.25, 0.3) is 11.1 Å². The maximum absolute atomic E-state index is 13.6. The van der Waals surface area contributed by atoms with E-state index in [9.17, 15) is 37.5 Å². The highest BCUT2D eigenvalue weighted by Crippen LogP contribution is 2.33. The van der Waals surface area contributed by atoms with E-state index in [0.717, 1.165) is 12.1 Å². The van der Waals surface area contributed by atoms with Crippen molar-refractivity contribution in [3.05, 3.63) is 125 Å². The lowest BCUT2D eigenvalue weighted by Crippen LogP contribution is -2.50. The third kappa shape index (κ3) is 9.03. The molecule has 274 valence electrons. The van der Waals surface area contributed by atoms with Gasteiger partial charge in [-0.05, 0) is 80.5 Å². The average molecular weight is 721 g/mol. The molecule has 13 heteroatoms. The molecule has 0 heterocycles. The smallest absolute Gasteiger partial charge is 0.416 e. The van der Waals surface area contributed by atoms with Crippen LogP contribution in [0.2, 0.25) is 0 Å². The van der Waals surface area contributed by atoms with Gasteiger partial charge in [0.2, 0.25) is 5.41 Å². The Hall–Kier alpha value is -5.53. The molecule has 0 bridgehead atoms. The first-order chi connectivity index (χ1) is 24.7. The average Bonchev–Trinajstić information content (AvgIpc) is 3.12. The fourth-order valence-corrected chi connectivity index (χ4v) is 5.45. The summed E-state index contributed by atoms with van der Waals surface area (Å²) in [5.74, 6) is -3.28. The predicted molar refractivity (Wildman–Crippen MR) is 186 cm³/mol. The van der Waals surface area contributed by atoms with Crippen LogP contribution in [0.4, 0.5) is 18.9 Å². The number of rotatable bonds is 14. The van der Waals surface area contributed by atoms with Crippen molar-refractivity contribution in [1.82, 2.24) is 4.90 Å². The van der Waals surface area contributed by atoms with E-state index in [1.165, 1.54) is 53.4 Å². The van der Waals surface area contributed by atoms with E-state index < -0.39 is 53.8 Å². The highest BCUT2D eigenvalue weighted by atomic mass is 19.4. The van der Waals surface area contributed by atoms with Crippen molar-refractivity contribution in [2.24, 2.45) is 0 Å². The largest absolute Gasteiger partial charge is 0.465 e. The number of hydrogen-bond donors (Lipinski definition) is 2. The van der Waals surface area contributed by atoms with Gasteiger partial charge in [-0.25, -0.2) is 0 Å². The number of ether oxygens (including phenoxy) is 3. The lowest BCUT2D eigenvalue weighted by atomic mass is 9.81. The third-order valence-electron chi connectivity index (χ3n) is 8.14. The number of carbonyl (C=O) groups is 4. The first-order valence-corrected chi connectivity index (χ1v) is 16.3. The van der Waals surface area contributed by atoms with Crippen LogP contribution in [0.3, 0.4) is 0 Å². The number of aliphatic hydroxyl groups excluding tert-OH is 1. The normalized spacial score (nSPS) is 12.2. The van der Waals surface area contributed by atoms with Gasteiger partial charge in [0.05, 0.1) is 25.2 Å². The zero-order valence-electron chi connectivity index (χ0n) is 29.0. The molecule has 0 saturated carbocycles.